The molecule has 30 heavy (non-hydrogen) atoms. The highest BCUT2D eigenvalue weighted by molar-refractivity contribution is 5.67. The van der Waals surface area contributed by atoms with Crippen molar-refractivity contribution in [2.45, 2.75) is 57.8 Å². The van der Waals surface area contributed by atoms with Crippen molar-refractivity contribution in [3.8, 4) is 11.1 Å². The molecule has 0 heterocycles. The highest BCUT2D eigenvalue weighted by Gasteiger charge is 2.25. The second-order valence-corrected chi connectivity index (χ2v) is 8.30. The Hall–Kier alpha value is -2.55. The Balaban J connectivity index is 1.54. The van der Waals surface area contributed by atoms with Crippen LogP contribution in [0.15, 0.2) is 54.6 Å². The zero-order valence-corrected chi connectivity index (χ0v) is 17.4. The summed E-state index contributed by atoms with van der Waals surface area (Å²) in [6, 6.07) is 16.2. The molecule has 0 aromatic heterocycles. The summed E-state index contributed by atoms with van der Waals surface area (Å²) in [6.45, 7) is 2.21. The minimum Gasteiger partial charge on any atom is -0.206 e. The van der Waals surface area contributed by atoms with Gasteiger partial charge in [-0.1, -0.05) is 68.3 Å². The van der Waals surface area contributed by atoms with Crippen molar-refractivity contribution >= 4 is 0 Å². The Bertz CT molecular complexity index is 1020. The quantitative estimate of drug-likeness (QED) is 0.365. The zero-order chi connectivity index (χ0) is 21.1. The van der Waals surface area contributed by atoms with E-state index >= 15 is 4.39 Å². The lowest BCUT2D eigenvalue weighted by molar-refractivity contribution is 0.509. The second kappa shape index (κ2) is 9.07. The molecule has 1 aliphatic rings. The molecule has 1 unspecified atom stereocenters. The van der Waals surface area contributed by atoms with Crippen molar-refractivity contribution in [3.63, 3.8) is 0 Å². The van der Waals surface area contributed by atoms with E-state index in [0.29, 0.717) is 17.9 Å². The fourth-order valence-corrected chi connectivity index (χ4v) is 4.55. The maximum atomic E-state index is 15.2. The molecule has 0 saturated carbocycles. The van der Waals surface area contributed by atoms with Gasteiger partial charge in [0.1, 0.15) is 5.82 Å². The molecule has 3 heteroatoms. The minimum absolute atomic E-state index is 0.0175. The fraction of sp³-hybridized carbons (Fsp3) is 0.333. The van der Waals surface area contributed by atoms with Gasteiger partial charge in [-0.25, -0.2) is 13.2 Å². The van der Waals surface area contributed by atoms with Crippen LogP contribution in [0.1, 0.15) is 60.8 Å². The first-order valence-electron chi connectivity index (χ1n) is 10.9. The molecule has 0 aliphatic heterocycles. The molecule has 0 saturated heterocycles. The lowest BCUT2D eigenvalue weighted by Crippen LogP contribution is -2.15. The maximum absolute atomic E-state index is 15.2. The average Bonchev–Trinajstić information content (AvgIpc) is 2.77. The Morgan fingerprint density at radius 2 is 1.60 bits per heavy atom. The molecule has 0 radical (unpaired) electrons. The van der Waals surface area contributed by atoms with Gasteiger partial charge < -0.3 is 0 Å². The van der Waals surface area contributed by atoms with E-state index < -0.39 is 17.5 Å². The molecule has 0 bridgehead atoms. The first kappa shape index (κ1) is 20.7. The standard InChI is InChI=1S/C27H27F3/c1-2-3-4-6-18-9-11-19(12-10-18)20-13-15-22-21(17-20)14-16-24(26(22)29)23-7-5-8-25(28)27(23)30/h5,7-12,14,16,20H,2-4,6,13,15,17H2,1H3. The van der Waals surface area contributed by atoms with Crippen molar-refractivity contribution < 1.29 is 13.2 Å². The van der Waals surface area contributed by atoms with Gasteiger partial charge in [0, 0.05) is 11.1 Å². The smallest absolute Gasteiger partial charge is 0.166 e. The third kappa shape index (κ3) is 4.16. The normalized spacial score (nSPS) is 15.8. The number of aryl methyl sites for hydroxylation is 1. The molecule has 1 aliphatic carbocycles. The lowest BCUT2D eigenvalue weighted by atomic mass is 9.79. The van der Waals surface area contributed by atoms with Crippen LogP contribution in [0.25, 0.3) is 11.1 Å². The van der Waals surface area contributed by atoms with Gasteiger partial charge in [0.05, 0.1) is 0 Å². The molecule has 156 valence electrons. The Morgan fingerprint density at radius 1 is 0.833 bits per heavy atom. The number of hydrogen-bond donors (Lipinski definition) is 0. The van der Waals surface area contributed by atoms with Gasteiger partial charge in [-0.3, -0.25) is 0 Å². The summed E-state index contributed by atoms with van der Waals surface area (Å²) in [6.07, 6.45) is 7.06. The minimum atomic E-state index is -0.996. The van der Waals surface area contributed by atoms with E-state index in [0.717, 1.165) is 30.9 Å². The van der Waals surface area contributed by atoms with Crippen molar-refractivity contribution in [2.24, 2.45) is 0 Å². The van der Waals surface area contributed by atoms with Gasteiger partial charge in [0.2, 0.25) is 0 Å². The highest BCUT2D eigenvalue weighted by atomic mass is 19.2. The Labute approximate surface area is 176 Å². The second-order valence-electron chi connectivity index (χ2n) is 8.30. The van der Waals surface area contributed by atoms with Crippen LogP contribution in [0.2, 0.25) is 0 Å². The van der Waals surface area contributed by atoms with Crippen LogP contribution in [0, 0.1) is 17.5 Å². The molecule has 4 rings (SSSR count). The molecular formula is C27H27F3. The van der Waals surface area contributed by atoms with E-state index in [1.54, 1.807) is 6.07 Å². The van der Waals surface area contributed by atoms with E-state index in [-0.39, 0.29) is 11.1 Å². The molecule has 3 aromatic carbocycles. The monoisotopic (exact) mass is 408 g/mol. The molecule has 0 nitrogen and oxygen atoms in total. The van der Waals surface area contributed by atoms with Gasteiger partial charge in [-0.2, -0.15) is 0 Å². The molecule has 0 fully saturated rings. The SMILES string of the molecule is CCCCCc1ccc(C2CCc3c(ccc(-c4cccc(F)c4F)c3F)C2)cc1. The van der Waals surface area contributed by atoms with Crippen molar-refractivity contribution in [1.82, 2.24) is 0 Å². The van der Waals surface area contributed by atoms with Crippen LogP contribution in [0.5, 0.6) is 0 Å². The molecule has 0 spiro atoms. The van der Waals surface area contributed by atoms with Gasteiger partial charge in [-0.15, -0.1) is 0 Å². The number of unbranched alkanes of at least 4 members (excludes halogenated alkanes) is 2. The first-order valence-corrected chi connectivity index (χ1v) is 10.9. The van der Waals surface area contributed by atoms with E-state index in [2.05, 4.69) is 31.2 Å². The van der Waals surface area contributed by atoms with Crippen molar-refractivity contribution in [1.29, 1.82) is 0 Å². The van der Waals surface area contributed by atoms with Crippen LogP contribution in [0.4, 0.5) is 13.2 Å². The van der Waals surface area contributed by atoms with E-state index in [1.165, 1.54) is 42.5 Å². The van der Waals surface area contributed by atoms with Crippen molar-refractivity contribution in [2.75, 3.05) is 0 Å². The molecule has 3 aromatic rings. The third-order valence-electron chi connectivity index (χ3n) is 6.31. The summed E-state index contributed by atoms with van der Waals surface area (Å²) >= 11 is 0. The van der Waals surface area contributed by atoms with Crippen LogP contribution < -0.4 is 0 Å². The van der Waals surface area contributed by atoms with Gasteiger partial charge in [0.25, 0.3) is 0 Å². The maximum Gasteiger partial charge on any atom is 0.166 e. The number of fused-ring (bicyclic) bond motifs is 1. The number of hydrogen-bond acceptors (Lipinski definition) is 0. The van der Waals surface area contributed by atoms with Crippen LogP contribution >= 0.6 is 0 Å². The van der Waals surface area contributed by atoms with E-state index in [4.69, 9.17) is 0 Å². The van der Waals surface area contributed by atoms with Crippen LogP contribution in [-0.4, -0.2) is 0 Å². The third-order valence-corrected chi connectivity index (χ3v) is 6.31. The largest absolute Gasteiger partial charge is 0.206 e. The Kier molecular flexibility index (Phi) is 6.26. The number of rotatable bonds is 6. The molecule has 0 amide bonds. The predicted octanol–water partition coefficient (Wildman–Crippen LogP) is 7.78. The molecular weight excluding hydrogens is 381 g/mol. The zero-order valence-electron chi connectivity index (χ0n) is 17.4. The lowest BCUT2D eigenvalue weighted by Gasteiger charge is -2.26. The predicted molar refractivity (Wildman–Crippen MR) is 116 cm³/mol. The summed E-state index contributed by atoms with van der Waals surface area (Å²) in [7, 11) is 0. The van der Waals surface area contributed by atoms with Gasteiger partial charge in [0.15, 0.2) is 11.6 Å². The number of benzene rings is 3. The van der Waals surface area contributed by atoms with Crippen molar-refractivity contribution in [3.05, 3.63) is 94.3 Å². The number of halogens is 3. The van der Waals surface area contributed by atoms with Crippen LogP contribution in [-0.2, 0) is 19.3 Å². The van der Waals surface area contributed by atoms with E-state index in [1.807, 2.05) is 6.07 Å². The highest BCUT2D eigenvalue weighted by Crippen LogP contribution is 2.37. The summed E-state index contributed by atoms with van der Waals surface area (Å²) in [5, 5.41) is 0. The van der Waals surface area contributed by atoms with E-state index in [9.17, 15) is 8.78 Å². The van der Waals surface area contributed by atoms with Crippen LogP contribution in [0.3, 0.4) is 0 Å². The Morgan fingerprint density at radius 3 is 2.37 bits per heavy atom. The first-order chi connectivity index (χ1) is 14.6. The average molecular weight is 409 g/mol. The van der Waals surface area contributed by atoms with Gasteiger partial charge in [-0.05, 0) is 66.3 Å². The summed E-state index contributed by atoms with van der Waals surface area (Å²) in [4.78, 5) is 0. The topological polar surface area (TPSA) is 0 Å². The van der Waals surface area contributed by atoms with Gasteiger partial charge >= 0.3 is 0 Å². The summed E-state index contributed by atoms with van der Waals surface area (Å²) in [5.74, 6) is -2.01. The summed E-state index contributed by atoms with van der Waals surface area (Å²) in [5.41, 5.74) is 4.40. The molecule has 0 N–H and O–H groups in total. The molecule has 1 atom stereocenters. The fourth-order valence-electron chi connectivity index (χ4n) is 4.55. The summed E-state index contributed by atoms with van der Waals surface area (Å²) < 4.78 is 43.0.